The zero-order valence-electron chi connectivity index (χ0n) is 15.7. The first-order valence-electron chi connectivity index (χ1n) is 6.26. The van der Waals surface area contributed by atoms with Gasteiger partial charge in [0.25, 0.3) is 0 Å². The minimum absolute atomic E-state index is 0.679. The number of hydrogen-bond acceptors (Lipinski definition) is 12. The lowest BCUT2D eigenvalue weighted by Crippen LogP contribution is -1.93. The van der Waals surface area contributed by atoms with Crippen LogP contribution in [0.1, 0.15) is 0 Å². The van der Waals surface area contributed by atoms with E-state index in [-0.39, 0.29) is 0 Å². The van der Waals surface area contributed by atoms with Gasteiger partial charge in [-0.3, -0.25) is 18.2 Å². The van der Waals surface area contributed by atoms with Gasteiger partial charge in [-0.2, -0.15) is 8.62 Å². The maximum Gasteiger partial charge on any atom is 0.490 e. The molecule has 30 heavy (non-hydrogen) atoms. The molecular formula is C5H22O19P6. The van der Waals surface area contributed by atoms with Gasteiger partial charge in [0.05, 0.1) is 0 Å². The third kappa shape index (κ3) is 28.9. The summed E-state index contributed by atoms with van der Waals surface area (Å²) in [4.78, 5) is 58.2. The highest BCUT2D eigenvalue weighted by atomic mass is 31.3. The van der Waals surface area contributed by atoms with Crippen molar-refractivity contribution in [2.45, 2.75) is 0 Å². The second-order valence-electron chi connectivity index (χ2n) is 4.29. The van der Waals surface area contributed by atoms with Gasteiger partial charge in [0, 0.05) is 34.7 Å². The molecule has 0 bridgehead atoms. The molecule has 186 valence electrons. The Kier molecular flexibility index (Phi) is 16.0. The van der Waals surface area contributed by atoms with E-state index in [0.717, 1.165) is 20.4 Å². The van der Waals surface area contributed by atoms with Crippen LogP contribution in [0.4, 0.5) is 0 Å². The quantitative estimate of drug-likeness (QED) is 0.189. The first kappa shape index (κ1) is 35.4. The second kappa shape index (κ2) is 13.5. The summed E-state index contributed by atoms with van der Waals surface area (Å²) < 4.78 is 83.9. The van der Waals surface area contributed by atoms with Crippen LogP contribution in [0.2, 0.25) is 0 Å². The lowest BCUT2D eigenvalue weighted by atomic mass is 11.8. The van der Waals surface area contributed by atoms with E-state index >= 15 is 0 Å². The summed E-state index contributed by atoms with van der Waals surface area (Å²) in [6.45, 7) is 1.92. The van der Waals surface area contributed by atoms with Crippen molar-refractivity contribution in [1.82, 2.24) is 0 Å². The van der Waals surface area contributed by atoms with Gasteiger partial charge in [-0.15, -0.1) is 0 Å². The Bertz CT molecular complexity index is 783. The van der Waals surface area contributed by atoms with Crippen molar-refractivity contribution in [3.8, 4) is 0 Å². The summed E-state index contributed by atoms with van der Waals surface area (Å²) in [6.07, 6.45) is 0. The fourth-order valence-electron chi connectivity index (χ4n) is 0.538. The van der Waals surface area contributed by atoms with Crippen LogP contribution in [0.15, 0.2) is 0 Å². The normalized spacial score (nSPS) is 21.6. The third-order valence-corrected chi connectivity index (χ3v) is 8.44. The molecule has 0 amide bonds. The molecule has 0 heterocycles. The summed E-state index contributed by atoms with van der Waals surface area (Å²) in [6, 6.07) is 0. The molecule has 0 aromatic rings. The second-order valence-corrected chi connectivity index (χ2v) is 14.4. The SMILES string of the molecule is COP(=O)(O)OP(=O)(O)OP(=O)(O)O.COP(=O)(O)OP(C)(=O)O.COP(C)(=O)O. The smallest absolute Gasteiger partial charge is 0.324 e. The Morgan fingerprint density at radius 3 is 0.933 bits per heavy atom. The van der Waals surface area contributed by atoms with Crippen molar-refractivity contribution in [3.05, 3.63) is 0 Å². The molecule has 0 aliphatic carbocycles. The van der Waals surface area contributed by atoms with Crippen LogP contribution in [-0.4, -0.2) is 68.9 Å². The highest BCUT2D eigenvalue weighted by Crippen LogP contribution is 2.66. The molecule has 0 aliphatic rings. The van der Waals surface area contributed by atoms with Crippen LogP contribution < -0.4 is 0 Å². The van der Waals surface area contributed by atoms with E-state index in [1.165, 1.54) is 7.11 Å². The molecule has 19 nitrogen and oxygen atoms in total. The summed E-state index contributed by atoms with van der Waals surface area (Å²) in [7, 11) is -24.1. The predicted octanol–water partition coefficient (Wildman–Crippen LogP) is 0.972. The van der Waals surface area contributed by atoms with Crippen molar-refractivity contribution in [2.75, 3.05) is 34.7 Å². The van der Waals surface area contributed by atoms with E-state index in [1.54, 1.807) is 0 Å². The highest BCUT2D eigenvalue weighted by Gasteiger charge is 2.39. The Hall–Kier alpha value is 0.860. The molecule has 0 spiro atoms. The Morgan fingerprint density at radius 1 is 0.467 bits per heavy atom. The van der Waals surface area contributed by atoms with Crippen molar-refractivity contribution >= 4 is 46.5 Å². The first-order valence-corrected chi connectivity index (χ1v) is 16.3. The zero-order valence-corrected chi connectivity index (χ0v) is 21.1. The van der Waals surface area contributed by atoms with Crippen molar-refractivity contribution in [1.29, 1.82) is 0 Å². The fraction of sp³-hybridized carbons (Fsp3) is 1.00. The molecule has 0 saturated heterocycles. The molecule has 0 aliphatic heterocycles. The number of rotatable bonds is 9. The predicted molar refractivity (Wildman–Crippen MR) is 97.3 cm³/mol. The topological polar surface area (TPSA) is 299 Å². The maximum atomic E-state index is 10.6. The first-order chi connectivity index (χ1) is 12.8. The van der Waals surface area contributed by atoms with E-state index in [0.29, 0.717) is 7.11 Å². The average molecular weight is 572 g/mol. The molecule has 0 aromatic heterocycles. The fourth-order valence-corrected chi connectivity index (χ4v) is 5.11. The molecule has 0 fully saturated rings. The zero-order chi connectivity index (χ0) is 25.2. The van der Waals surface area contributed by atoms with Gasteiger partial charge in [-0.1, -0.05) is 0 Å². The number of phosphoric acid groups is 4. The van der Waals surface area contributed by atoms with Gasteiger partial charge in [0.1, 0.15) is 0 Å². The van der Waals surface area contributed by atoms with Crippen molar-refractivity contribution in [3.63, 3.8) is 0 Å². The van der Waals surface area contributed by atoms with E-state index in [1.807, 2.05) is 0 Å². The van der Waals surface area contributed by atoms with Crippen LogP contribution >= 0.6 is 46.5 Å². The lowest BCUT2D eigenvalue weighted by Gasteiger charge is -2.14. The minimum atomic E-state index is -5.35. The monoisotopic (exact) mass is 572 g/mol. The molecule has 7 N–H and O–H groups in total. The van der Waals surface area contributed by atoms with E-state index in [4.69, 9.17) is 34.3 Å². The molecule has 0 aromatic carbocycles. The Morgan fingerprint density at radius 2 is 0.767 bits per heavy atom. The standard InChI is InChI=1S/C2H8O6P2.C2H7O3P.CH7O10P3/c1-7-10(5,6)8-9(2,3)4;1-5-6(2,3)4;1-9-13(5,6)11-14(7,8)10-12(2,3)4/h1-2H3,(H,3,4)(H,5,6);1-2H3,(H,3,4);1H3,(H,5,6)(H,7,8)(H2,2,3,4). The summed E-state index contributed by atoms with van der Waals surface area (Å²) in [5, 5.41) is 0. The van der Waals surface area contributed by atoms with Crippen LogP contribution in [0, 0.1) is 0 Å². The molecule has 0 saturated carbocycles. The van der Waals surface area contributed by atoms with Gasteiger partial charge < -0.3 is 38.8 Å². The van der Waals surface area contributed by atoms with Crippen LogP contribution in [0.5, 0.6) is 0 Å². The van der Waals surface area contributed by atoms with Gasteiger partial charge in [0.15, 0.2) is 0 Å². The maximum absolute atomic E-state index is 10.6. The highest BCUT2D eigenvalue weighted by molar-refractivity contribution is 7.66. The summed E-state index contributed by atoms with van der Waals surface area (Å²) in [5.74, 6) is 0. The van der Waals surface area contributed by atoms with Gasteiger partial charge in [0.2, 0.25) is 0 Å². The van der Waals surface area contributed by atoms with Gasteiger partial charge in [-0.05, 0) is 0 Å². The Balaban J connectivity index is -0.000000397. The van der Waals surface area contributed by atoms with E-state index < -0.39 is 46.5 Å². The summed E-state index contributed by atoms with van der Waals surface area (Å²) in [5.41, 5.74) is 0. The molecule has 0 rings (SSSR count). The average Bonchev–Trinajstić information content (AvgIpc) is 2.41. The van der Waals surface area contributed by atoms with E-state index in [9.17, 15) is 27.4 Å². The lowest BCUT2D eigenvalue weighted by molar-refractivity contribution is 0.190. The molecule has 5 unspecified atom stereocenters. The number of hydrogen-bond donors (Lipinski definition) is 7. The van der Waals surface area contributed by atoms with Crippen LogP contribution in [0.25, 0.3) is 0 Å². The van der Waals surface area contributed by atoms with Crippen LogP contribution in [0.3, 0.4) is 0 Å². The van der Waals surface area contributed by atoms with E-state index in [2.05, 4.69) is 26.5 Å². The number of phosphoric ester groups is 2. The molecule has 5 atom stereocenters. The minimum Gasteiger partial charge on any atom is -0.324 e. The van der Waals surface area contributed by atoms with Crippen molar-refractivity contribution < 1.29 is 88.1 Å². The molecular weight excluding hydrogens is 550 g/mol. The molecule has 0 radical (unpaired) electrons. The largest absolute Gasteiger partial charge is 0.490 e. The third-order valence-electron chi connectivity index (χ3n) is 1.47. The van der Waals surface area contributed by atoms with Gasteiger partial charge >= 0.3 is 46.5 Å². The van der Waals surface area contributed by atoms with Crippen molar-refractivity contribution in [2.24, 2.45) is 0 Å². The van der Waals surface area contributed by atoms with Crippen LogP contribution in [-0.2, 0) is 53.9 Å². The summed E-state index contributed by atoms with van der Waals surface area (Å²) >= 11 is 0. The van der Waals surface area contributed by atoms with Gasteiger partial charge in [-0.25, -0.2) is 22.6 Å². The molecule has 25 heteroatoms. The Labute approximate surface area is 170 Å².